The summed E-state index contributed by atoms with van der Waals surface area (Å²) in [5.74, 6) is -0.134. The maximum atomic E-state index is 11.8. The molecule has 0 bridgehead atoms. The summed E-state index contributed by atoms with van der Waals surface area (Å²) in [6.07, 6.45) is 0.720. The molecule has 0 aromatic carbocycles. The standard InChI is InChI=1S/C12H21NO3/c1-11(2,3)16-10(15)13-7-6-12(4,5)8-9(13)14/h6-8H2,1-5H3. The highest BCUT2D eigenvalue weighted by molar-refractivity contribution is 5.92. The fourth-order valence-electron chi connectivity index (χ4n) is 1.64. The van der Waals surface area contributed by atoms with Gasteiger partial charge < -0.3 is 4.74 Å². The first-order chi connectivity index (χ1) is 7.11. The summed E-state index contributed by atoms with van der Waals surface area (Å²) in [6.45, 7) is 9.92. The van der Waals surface area contributed by atoms with Gasteiger partial charge in [-0.1, -0.05) is 13.8 Å². The van der Waals surface area contributed by atoms with E-state index in [0.29, 0.717) is 13.0 Å². The van der Waals surface area contributed by atoms with Crippen LogP contribution in [0.2, 0.25) is 0 Å². The first kappa shape index (κ1) is 13.0. The Morgan fingerprint density at radius 2 is 1.94 bits per heavy atom. The minimum atomic E-state index is -0.551. The quantitative estimate of drug-likeness (QED) is 0.639. The van der Waals surface area contributed by atoms with E-state index in [9.17, 15) is 9.59 Å². The summed E-state index contributed by atoms with van der Waals surface area (Å²) in [6, 6.07) is 0. The van der Waals surface area contributed by atoms with Crippen LogP contribution in [0.5, 0.6) is 0 Å². The van der Waals surface area contributed by atoms with E-state index >= 15 is 0 Å². The molecule has 4 heteroatoms. The lowest BCUT2D eigenvalue weighted by Crippen LogP contribution is -2.47. The molecule has 0 aromatic heterocycles. The Balaban J connectivity index is 2.63. The lowest BCUT2D eigenvalue weighted by molar-refractivity contribution is -0.135. The molecule has 0 aromatic rings. The van der Waals surface area contributed by atoms with Crippen LogP contribution >= 0.6 is 0 Å². The molecule has 1 saturated heterocycles. The molecule has 1 aliphatic heterocycles. The first-order valence-electron chi connectivity index (χ1n) is 5.64. The number of carbonyl (C=O) groups is 2. The number of imide groups is 1. The molecule has 1 aliphatic rings. The van der Waals surface area contributed by atoms with Gasteiger partial charge in [0.1, 0.15) is 5.60 Å². The molecule has 0 atom stereocenters. The van der Waals surface area contributed by atoms with E-state index in [2.05, 4.69) is 0 Å². The Kier molecular flexibility index (Phi) is 3.31. The number of hydrogen-bond acceptors (Lipinski definition) is 3. The fourth-order valence-corrected chi connectivity index (χ4v) is 1.64. The average molecular weight is 227 g/mol. The normalized spacial score (nSPS) is 20.8. The summed E-state index contributed by atoms with van der Waals surface area (Å²) in [4.78, 5) is 24.7. The van der Waals surface area contributed by atoms with Crippen molar-refractivity contribution >= 4 is 12.0 Å². The molecule has 0 unspecified atom stereocenters. The Morgan fingerprint density at radius 3 is 2.38 bits per heavy atom. The highest BCUT2D eigenvalue weighted by atomic mass is 16.6. The number of likely N-dealkylation sites (tertiary alicyclic amines) is 1. The summed E-state index contributed by atoms with van der Waals surface area (Å²) in [5, 5.41) is 0. The predicted molar refractivity (Wildman–Crippen MR) is 61.0 cm³/mol. The molecule has 0 aliphatic carbocycles. The molecule has 4 nitrogen and oxygen atoms in total. The highest BCUT2D eigenvalue weighted by Gasteiger charge is 2.36. The molecule has 1 heterocycles. The smallest absolute Gasteiger partial charge is 0.417 e. The Labute approximate surface area is 96.9 Å². The molecular formula is C12H21NO3. The van der Waals surface area contributed by atoms with Crippen molar-refractivity contribution < 1.29 is 14.3 Å². The van der Waals surface area contributed by atoms with Crippen molar-refractivity contribution in [2.45, 2.75) is 53.1 Å². The number of rotatable bonds is 0. The van der Waals surface area contributed by atoms with Crippen molar-refractivity contribution in [2.24, 2.45) is 5.41 Å². The van der Waals surface area contributed by atoms with Gasteiger partial charge in [-0.3, -0.25) is 4.79 Å². The first-order valence-corrected chi connectivity index (χ1v) is 5.64. The molecule has 16 heavy (non-hydrogen) atoms. The average Bonchev–Trinajstić information content (AvgIpc) is 1.97. The molecule has 0 radical (unpaired) electrons. The second kappa shape index (κ2) is 4.07. The number of nitrogens with zero attached hydrogens (tertiary/aromatic N) is 1. The van der Waals surface area contributed by atoms with Crippen LogP contribution in [-0.4, -0.2) is 29.0 Å². The zero-order valence-corrected chi connectivity index (χ0v) is 10.8. The number of amides is 2. The van der Waals surface area contributed by atoms with Gasteiger partial charge in [-0.25, -0.2) is 9.69 Å². The zero-order chi connectivity index (χ0) is 12.6. The van der Waals surface area contributed by atoms with E-state index < -0.39 is 11.7 Å². The van der Waals surface area contributed by atoms with Crippen LogP contribution in [0.3, 0.4) is 0 Å². The van der Waals surface area contributed by atoms with E-state index in [1.165, 1.54) is 4.90 Å². The van der Waals surface area contributed by atoms with Gasteiger partial charge in [-0.05, 0) is 32.6 Å². The number of carbonyl (C=O) groups excluding carboxylic acids is 2. The summed E-state index contributed by atoms with van der Waals surface area (Å²) in [7, 11) is 0. The molecule has 1 fully saturated rings. The maximum absolute atomic E-state index is 11.8. The van der Waals surface area contributed by atoms with E-state index in [0.717, 1.165) is 6.42 Å². The summed E-state index contributed by atoms with van der Waals surface area (Å²) in [5.41, 5.74) is -0.556. The maximum Gasteiger partial charge on any atom is 0.417 e. The SMILES string of the molecule is CC1(C)CCN(C(=O)OC(C)(C)C)C(=O)C1. The molecular weight excluding hydrogens is 206 g/mol. The minimum absolute atomic E-state index is 0.00437. The van der Waals surface area contributed by atoms with Gasteiger partial charge in [0.25, 0.3) is 0 Å². The van der Waals surface area contributed by atoms with Crippen molar-refractivity contribution in [1.82, 2.24) is 4.90 Å². The topological polar surface area (TPSA) is 46.6 Å². The lowest BCUT2D eigenvalue weighted by atomic mass is 9.82. The van der Waals surface area contributed by atoms with Crippen LogP contribution in [0, 0.1) is 5.41 Å². The number of ether oxygens (including phenoxy) is 1. The van der Waals surface area contributed by atoms with Gasteiger partial charge in [-0.15, -0.1) is 0 Å². The second-order valence-electron chi connectivity index (χ2n) is 6.12. The van der Waals surface area contributed by atoms with Crippen LogP contribution in [0.1, 0.15) is 47.5 Å². The number of piperidine rings is 1. The third-order valence-corrected chi connectivity index (χ3v) is 2.56. The van der Waals surface area contributed by atoms with Gasteiger partial charge in [0.2, 0.25) is 5.91 Å². The van der Waals surface area contributed by atoms with Crippen LogP contribution < -0.4 is 0 Å². The van der Waals surface area contributed by atoms with Crippen molar-refractivity contribution in [1.29, 1.82) is 0 Å². The molecule has 92 valence electrons. The van der Waals surface area contributed by atoms with Crippen molar-refractivity contribution in [3.05, 3.63) is 0 Å². The third-order valence-electron chi connectivity index (χ3n) is 2.56. The molecule has 0 spiro atoms. The van der Waals surface area contributed by atoms with E-state index in [4.69, 9.17) is 4.74 Å². The second-order valence-corrected chi connectivity index (χ2v) is 6.12. The monoisotopic (exact) mass is 227 g/mol. The van der Waals surface area contributed by atoms with Gasteiger partial charge in [-0.2, -0.15) is 0 Å². The Bertz CT molecular complexity index is 302. The summed E-state index contributed by atoms with van der Waals surface area (Å²) >= 11 is 0. The lowest BCUT2D eigenvalue weighted by Gasteiger charge is -2.35. The third kappa shape index (κ3) is 3.51. The molecule has 0 saturated carbocycles. The molecule has 2 amide bonds. The fraction of sp³-hybridized carbons (Fsp3) is 0.833. The number of hydrogen-bond donors (Lipinski definition) is 0. The van der Waals surface area contributed by atoms with Gasteiger partial charge in [0.05, 0.1) is 0 Å². The Morgan fingerprint density at radius 1 is 1.38 bits per heavy atom. The van der Waals surface area contributed by atoms with Crippen LogP contribution in [-0.2, 0) is 9.53 Å². The predicted octanol–water partition coefficient (Wildman–Crippen LogP) is 2.57. The van der Waals surface area contributed by atoms with Crippen LogP contribution in [0.15, 0.2) is 0 Å². The van der Waals surface area contributed by atoms with E-state index in [1.54, 1.807) is 20.8 Å². The largest absolute Gasteiger partial charge is 0.443 e. The van der Waals surface area contributed by atoms with Crippen molar-refractivity contribution in [3.8, 4) is 0 Å². The van der Waals surface area contributed by atoms with Crippen molar-refractivity contribution in [3.63, 3.8) is 0 Å². The van der Waals surface area contributed by atoms with Crippen LogP contribution in [0.25, 0.3) is 0 Å². The van der Waals surface area contributed by atoms with Crippen molar-refractivity contribution in [2.75, 3.05) is 6.54 Å². The van der Waals surface area contributed by atoms with Gasteiger partial charge in [0, 0.05) is 13.0 Å². The Hall–Kier alpha value is -1.06. The highest BCUT2D eigenvalue weighted by Crippen LogP contribution is 2.31. The van der Waals surface area contributed by atoms with Crippen LogP contribution in [0.4, 0.5) is 4.79 Å². The minimum Gasteiger partial charge on any atom is -0.443 e. The van der Waals surface area contributed by atoms with Gasteiger partial charge in [0.15, 0.2) is 0 Å². The zero-order valence-electron chi connectivity index (χ0n) is 10.8. The summed E-state index contributed by atoms with van der Waals surface area (Å²) < 4.78 is 5.18. The van der Waals surface area contributed by atoms with E-state index in [-0.39, 0.29) is 11.3 Å². The van der Waals surface area contributed by atoms with E-state index in [1.807, 2.05) is 13.8 Å². The van der Waals surface area contributed by atoms with Gasteiger partial charge >= 0.3 is 6.09 Å². The molecule has 1 rings (SSSR count). The molecule has 0 N–H and O–H groups in total.